The number of nitrogens with one attached hydrogen (secondary N) is 1. The predicted molar refractivity (Wildman–Crippen MR) is 122 cm³/mol. The van der Waals surface area contributed by atoms with E-state index in [1.807, 2.05) is 45.3 Å². The van der Waals surface area contributed by atoms with E-state index in [0.717, 1.165) is 36.2 Å². The SMILES string of the molecule is C/C=C/CC1(C)C(=O)C(C)(C)Nc2c1cc(-c1cccc3nccn13)c1c2CCC1. The molecule has 0 fully saturated rings. The molecular formula is C26H29N3O. The van der Waals surface area contributed by atoms with Crippen molar-refractivity contribution in [1.82, 2.24) is 9.38 Å². The van der Waals surface area contributed by atoms with Crippen LogP contribution in [0.3, 0.4) is 0 Å². The fourth-order valence-electron chi connectivity index (χ4n) is 5.49. The van der Waals surface area contributed by atoms with Gasteiger partial charge in [0.25, 0.3) is 0 Å². The number of allylic oxidation sites excluding steroid dienone is 2. The van der Waals surface area contributed by atoms with Crippen LogP contribution in [0.4, 0.5) is 5.69 Å². The van der Waals surface area contributed by atoms with Gasteiger partial charge in [0, 0.05) is 23.6 Å². The number of nitrogens with zero attached hydrogens (tertiary/aromatic N) is 2. The summed E-state index contributed by atoms with van der Waals surface area (Å²) in [6.07, 6.45) is 12.1. The van der Waals surface area contributed by atoms with Crippen molar-refractivity contribution in [2.24, 2.45) is 0 Å². The molecule has 1 aliphatic heterocycles. The van der Waals surface area contributed by atoms with Crippen molar-refractivity contribution in [2.75, 3.05) is 5.32 Å². The van der Waals surface area contributed by atoms with Gasteiger partial charge in [-0.15, -0.1) is 0 Å². The predicted octanol–water partition coefficient (Wildman–Crippen LogP) is 5.49. The zero-order chi connectivity index (χ0) is 21.1. The first-order chi connectivity index (χ1) is 14.4. The standard InChI is InChI=1S/C26H29N3O/c1-5-6-13-26(4)20-16-19(21-11-8-12-22-27-14-15-29(21)22)17-9-7-10-18(17)23(20)28-25(2,3)24(26)30/h5-6,8,11-12,14-16,28H,7,9-10,13H2,1-4H3/b6-5+. The molecule has 1 aliphatic carbocycles. The second-order valence-corrected chi connectivity index (χ2v) is 9.41. The summed E-state index contributed by atoms with van der Waals surface area (Å²) in [6.45, 7) is 8.19. The first-order valence-electron chi connectivity index (χ1n) is 10.9. The van der Waals surface area contributed by atoms with Gasteiger partial charge in [0.1, 0.15) is 5.65 Å². The van der Waals surface area contributed by atoms with Gasteiger partial charge in [0.05, 0.1) is 16.6 Å². The Bertz CT molecular complexity index is 1200. The zero-order valence-corrected chi connectivity index (χ0v) is 18.2. The second-order valence-electron chi connectivity index (χ2n) is 9.41. The molecule has 0 bridgehead atoms. The maximum Gasteiger partial charge on any atom is 0.168 e. The number of carbonyl (C=O) groups excluding carboxylic acids is 1. The third-order valence-corrected chi connectivity index (χ3v) is 6.97. The van der Waals surface area contributed by atoms with Crippen molar-refractivity contribution < 1.29 is 4.79 Å². The van der Waals surface area contributed by atoms with Crippen molar-refractivity contribution in [3.05, 3.63) is 65.5 Å². The third kappa shape index (κ3) is 2.59. The molecule has 5 rings (SSSR count). The number of pyridine rings is 1. The van der Waals surface area contributed by atoms with Crippen LogP contribution in [0.25, 0.3) is 16.9 Å². The number of imidazole rings is 1. The van der Waals surface area contributed by atoms with E-state index < -0.39 is 11.0 Å². The smallest absolute Gasteiger partial charge is 0.168 e. The summed E-state index contributed by atoms with van der Waals surface area (Å²) < 4.78 is 2.16. The van der Waals surface area contributed by atoms with E-state index in [-0.39, 0.29) is 5.78 Å². The van der Waals surface area contributed by atoms with Crippen molar-refractivity contribution >= 4 is 17.1 Å². The van der Waals surface area contributed by atoms with E-state index in [1.54, 1.807) is 0 Å². The number of benzene rings is 1. The van der Waals surface area contributed by atoms with Crippen LogP contribution >= 0.6 is 0 Å². The molecule has 30 heavy (non-hydrogen) atoms. The fraction of sp³-hybridized carbons (Fsp3) is 0.385. The highest BCUT2D eigenvalue weighted by Crippen LogP contribution is 2.49. The van der Waals surface area contributed by atoms with Gasteiger partial charge in [0.15, 0.2) is 5.78 Å². The van der Waals surface area contributed by atoms with E-state index in [0.29, 0.717) is 6.42 Å². The van der Waals surface area contributed by atoms with Gasteiger partial charge >= 0.3 is 0 Å². The maximum absolute atomic E-state index is 13.6. The molecule has 0 saturated heterocycles. The summed E-state index contributed by atoms with van der Waals surface area (Å²) in [7, 11) is 0. The lowest BCUT2D eigenvalue weighted by atomic mass is 9.65. The number of hydrogen-bond donors (Lipinski definition) is 1. The van der Waals surface area contributed by atoms with E-state index in [4.69, 9.17) is 0 Å². The molecular weight excluding hydrogens is 370 g/mol. The molecule has 2 aromatic heterocycles. The van der Waals surface area contributed by atoms with Crippen LogP contribution in [0.2, 0.25) is 0 Å². The van der Waals surface area contributed by atoms with E-state index in [9.17, 15) is 4.79 Å². The van der Waals surface area contributed by atoms with Crippen LogP contribution in [0.1, 0.15) is 57.2 Å². The second kappa shape index (κ2) is 6.56. The lowest BCUT2D eigenvalue weighted by Gasteiger charge is -2.44. The number of hydrogen-bond acceptors (Lipinski definition) is 3. The highest BCUT2D eigenvalue weighted by molar-refractivity contribution is 6.04. The lowest BCUT2D eigenvalue weighted by Crippen LogP contribution is -2.55. The summed E-state index contributed by atoms with van der Waals surface area (Å²) in [5.74, 6) is 0.255. The average molecular weight is 400 g/mol. The largest absolute Gasteiger partial charge is 0.373 e. The number of Topliss-reactive ketones (excluding diaryl/α,β-unsaturated/α-hetero) is 1. The van der Waals surface area contributed by atoms with E-state index in [2.05, 4.69) is 45.9 Å². The summed E-state index contributed by atoms with van der Waals surface area (Å²) in [4.78, 5) is 18.1. The summed E-state index contributed by atoms with van der Waals surface area (Å²) >= 11 is 0. The number of ketones is 1. The Morgan fingerprint density at radius 3 is 2.80 bits per heavy atom. The van der Waals surface area contributed by atoms with Gasteiger partial charge in [-0.2, -0.15) is 0 Å². The summed E-state index contributed by atoms with van der Waals surface area (Å²) in [6, 6.07) is 8.56. The van der Waals surface area contributed by atoms with Gasteiger partial charge in [-0.1, -0.05) is 18.2 Å². The topological polar surface area (TPSA) is 46.4 Å². The van der Waals surface area contributed by atoms with Crippen LogP contribution in [-0.2, 0) is 23.1 Å². The monoisotopic (exact) mass is 399 g/mol. The number of carbonyl (C=O) groups is 1. The minimum atomic E-state index is -0.578. The number of aromatic nitrogens is 2. The normalized spacial score (nSPS) is 22.3. The first-order valence-corrected chi connectivity index (χ1v) is 10.9. The molecule has 0 amide bonds. The minimum absolute atomic E-state index is 0.255. The first kappa shape index (κ1) is 19.1. The van der Waals surface area contributed by atoms with Crippen LogP contribution < -0.4 is 5.32 Å². The van der Waals surface area contributed by atoms with Crippen LogP contribution in [0, 0.1) is 0 Å². The quantitative estimate of drug-likeness (QED) is 0.593. The summed E-state index contributed by atoms with van der Waals surface area (Å²) in [5.41, 5.74) is 7.36. The minimum Gasteiger partial charge on any atom is -0.373 e. The van der Waals surface area contributed by atoms with Crippen LogP contribution in [0.5, 0.6) is 0 Å². The van der Waals surface area contributed by atoms with Gasteiger partial charge in [0.2, 0.25) is 0 Å². The van der Waals surface area contributed by atoms with Gasteiger partial charge in [-0.05, 0) is 88.3 Å². The molecule has 1 N–H and O–H groups in total. The fourth-order valence-corrected chi connectivity index (χ4v) is 5.49. The molecule has 3 aromatic rings. The third-order valence-electron chi connectivity index (χ3n) is 6.97. The van der Waals surface area contributed by atoms with Gasteiger partial charge < -0.3 is 5.32 Å². The van der Waals surface area contributed by atoms with Gasteiger partial charge in [-0.3, -0.25) is 9.20 Å². The van der Waals surface area contributed by atoms with Crippen molar-refractivity contribution in [3.63, 3.8) is 0 Å². The van der Waals surface area contributed by atoms with Crippen molar-refractivity contribution in [3.8, 4) is 11.3 Å². The van der Waals surface area contributed by atoms with E-state index >= 15 is 0 Å². The maximum atomic E-state index is 13.6. The molecule has 4 nitrogen and oxygen atoms in total. The molecule has 1 unspecified atom stereocenters. The Morgan fingerprint density at radius 2 is 2.00 bits per heavy atom. The zero-order valence-electron chi connectivity index (χ0n) is 18.2. The highest BCUT2D eigenvalue weighted by Gasteiger charge is 2.49. The Labute approximate surface area is 178 Å². The number of anilines is 1. The molecule has 0 spiro atoms. The molecule has 0 saturated carbocycles. The summed E-state index contributed by atoms with van der Waals surface area (Å²) in [5, 5.41) is 3.64. The van der Waals surface area contributed by atoms with Crippen LogP contribution in [0.15, 0.2) is 48.8 Å². The molecule has 0 radical (unpaired) electrons. The van der Waals surface area contributed by atoms with Gasteiger partial charge in [-0.25, -0.2) is 4.98 Å². The van der Waals surface area contributed by atoms with Crippen molar-refractivity contribution in [1.29, 1.82) is 0 Å². The number of fused-ring (bicyclic) bond motifs is 4. The highest BCUT2D eigenvalue weighted by atomic mass is 16.1. The average Bonchev–Trinajstić information content (AvgIpc) is 3.40. The Kier molecular flexibility index (Phi) is 4.18. The number of rotatable bonds is 3. The van der Waals surface area contributed by atoms with E-state index in [1.165, 1.54) is 22.4 Å². The molecule has 1 atom stereocenters. The molecule has 4 heteroatoms. The molecule has 2 aliphatic rings. The lowest BCUT2D eigenvalue weighted by molar-refractivity contribution is -0.128. The van der Waals surface area contributed by atoms with Crippen molar-refractivity contribution in [2.45, 2.75) is 64.3 Å². The Morgan fingerprint density at radius 1 is 1.20 bits per heavy atom. The Balaban J connectivity index is 1.83. The molecule has 154 valence electrons. The Hall–Kier alpha value is -2.88. The molecule has 1 aromatic carbocycles. The van der Waals surface area contributed by atoms with Crippen LogP contribution in [-0.4, -0.2) is 20.7 Å². The molecule has 3 heterocycles.